The summed E-state index contributed by atoms with van der Waals surface area (Å²) in [5.74, 6) is -2.12. The third-order valence-electron chi connectivity index (χ3n) is 1.71. The first-order valence-electron chi connectivity index (χ1n) is 4.17. The number of rotatable bonds is 4. The average molecular weight is 209 g/mol. The summed E-state index contributed by atoms with van der Waals surface area (Å²) in [7, 11) is 0. The molecule has 0 saturated heterocycles. The van der Waals surface area contributed by atoms with Crippen molar-refractivity contribution in [1.82, 2.24) is 10.3 Å². The molecular formula is C9H9N2O4-. The number of aromatic nitrogens is 1. The van der Waals surface area contributed by atoms with Crippen LogP contribution in [0.3, 0.4) is 0 Å². The molecule has 1 heterocycles. The highest BCUT2D eigenvalue weighted by atomic mass is 16.4. The quantitative estimate of drug-likeness (QED) is 0.592. The van der Waals surface area contributed by atoms with Crippen LogP contribution in [0.5, 0.6) is 0 Å². The van der Waals surface area contributed by atoms with Crippen molar-refractivity contribution in [3.63, 3.8) is 0 Å². The Bertz CT molecular complexity index is 352. The second-order valence-electron chi connectivity index (χ2n) is 2.76. The van der Waals surface area contributed by atoms with Crippen molar-refractivity contribution in [2.24, 2.45) is 0 Å². The first-order valence-corrected chi connectivity index (χ1v) is 4.17. The van der Waals surface area contributed by atoms with Gasteiger partial charge in [-0.15, -0.1) is 0 Å². The Morgan fingerprint density at radius 1 is 1.47 bits per heavy atom. The van der Waals surface area contributed by atoms with Crippen LogP contribution in [0.2, 0.25) is 0 Å². The van der Waals surface area contributed by atoms with Crippen LogP contribution in [0.25, 0.3) is 0 Å². The molecule has 6 heteroatoms. The van der Waals surface area contributed by atoms with Crippen molar-refractivity contribution in [3.8, 4) is 0 Å². The maximum absolute atomic E-state index is 11.4. The van der Waals surface area contributed by atoms with E-state index in [0.717, 1.165) is 0 Å². The van der Waals surface area contributed by atoms with Gasteiger partial charge in [0, 0.05) is 18.0 Å². The van der Waals surface area contributed by atoms with Gasteiger partial charge in [0.05, 0.1) is 18.6 Å². The van der Waals surface area contributed by atoms with E-state index in [1.807, 2.05) is 0 Å². The molecule has 0 saturated carbocycles. The number of carbonyl (C=O) groups is 2. The van der Waals surface area contributed by atoms with Gasteiger partial charge in [-0.3, -0.25) is 9.78 Å². The molecule has 0 spiro atoms. The van der Waals surface area contributed by atoms with E-state index in [9.17, 15) is 14.7 Å². The molecular weight excluding hydrogens is 200 g/mol. The standard InChI is InChI=1S/C9H10N2O4/c12-5-7(9(14)15)11-8(13)6-1-3-10-4-2-6/h1-4,7,12H,5H2,(H,11,13)(H,14,15)/p-1/t7-/m0/s1. The molecule has 0 radical (unpaired) electrons. The third-order valence-corrected chi connectivity index (χ3v) is 1.71. The third kappa shape index (κ3) is 3.03. The van der Waals surface area contributed by atoms with E-state index in [1.54, 1.807) is 0 Å². The molecule has 2 N–H and O–H groups in total. The molecule has 80 valence electrons. The van der Waals surface area contributed by atoms with Crippen molar-refractivity contribution in [2.75, 3.05) is 6.61 Å². The zero-order chi connectivity index (χ0) is 11.3. The minimum Gasteiger partial charge on any atom is -0.548 e. The molecule has 0 unspecified atom stereocenters. The van der Waals surface area contributed by atoms with Gasteiger partial charge in [-0.25, -0.2) is 0 Å². The monoisotopic (exact) mass is 209 g/mol. The van der Waals surface area contributed by atoms with Crippen molar-refractivity contribution in [1.29, 1.82) is 0 Å². The average Bonchev–Trinajstić information content (AvgIpc) is 2.26. The molecule has 1 rings (SSSR count). The summed E-state index contributed by atoms with van der Waals surface area (Å²) in [6.07, 6.45) is 2.81. The minimum absolute atomic E-state index is 0.268. The molecule has 15 heavy (non-hydrogen) atoms. The fourth-order valence-corrected chi connectivity index (χ4v) is 0.924. The number of aliphatic hydroxyl groups excluding tert-OH is 1. The lowest BCUT2D eigenvalue weighted by Gasteiger charge is -2.16. The predicted octanol–water partition coefficient (Wildman–Crippen LogP) is -2.08. The van der Waals surface area contributed by atoms with E-state index in [0.29, 0.717) is 0 Å². The molecule has 0 bridgehead atoms. The number of carboxylic acids is 1. The van der Waals surface area contributed by atoms with Crippen LogP contribution < -0.4 is 10.4 Å². The topological polar surface area (TPSA) is 102 Å². The molecule has 0 aromatic carbocycles. The van der Waals surface area contributed by atoms with Crippen LogP contribution in [0.15, 0.2) is 24.5 Å². The van der Waals surface area contributed by atoms with Gasteiger partial charge in [-0.05, 0) is 12.1 Å². The molecule has 1 amide bonds. The van der Waals surface area contributed by atoms with Crippen LogP contribution in [0, 0.1) is 0 Å². The van der Waals surface area contributed by atoms with Crippen LogP contribution >= 0.6 is 0 Å². The second kappa shape index (κ2) is 5.06. The Balaban J connectivity index is 2.67. The second-order valence-corrected chi connectivity index (χ2v) is 2.76. The van der Waals surface area contributed by atoms with Crippen molar-refractivity contribution >= 4 is 11.9 Å². The van der Waals surface area contributed by atoms with E-state index >= 15 is 0 Å². The normalized spacial score (nSPS) is 11.8. The highest BCUT2D eigenvalue weighted by Crippen LogP contribution is 1.96. The summed E-state index contributed by atoms with van der Waals surface area (Å²) in [5, 5.41) is 21.1. The van der Waals surface area contributed by atoms with E-state index in [-0.39, 0.29) is 5.56 Å². The molecule has 1 atom stereocenters. The van der Waals surface area contributed by atoms with Gasteiger partial charge >= 0.3 is 0 Å². The zero-order valence-electron chi connectivity index (χ0n) is 7.71. The fourth-order valence-electron chi connectivity index (χ4n) is 0.924. The van der Waals surface area contributed by atoms with Crippen molar-refractivity contribution < 1.29 is 19.8 Å². The van der Waals surface area contributed by atoms with E-state index in [1.165, 1.54) is 24.5 Å². The first kappa shape index (κ1) is 11.1. The van der Waals surface area contributed by atoms with Crippen LogP contribution in [-0.4, -0.2) is 34.6 Å². The number of nitrogens with zero attached hydrogens (tertiary/aromatic N) is 1. The molecule has 1 aromatic rings. The molecule has 6 nitrogen and oxygen atoms in total. The van der Waals surface area contributed by atoms with Gasteiger partial charge in [0.1, 0.15) is 0 Å². The summed E-state index contributed by atoms with van der Waals surface area (Å²) in [4.78, 5) is 25.5. The zero-order valence-corrected chi connectivity index (χ0v) is 7.71. The number of nitrogens with one attached hydrogen (secondary N) is 1. The SMILES string of the molecule is O=C(N[C@@H](CO)C(=O)[O-])c1ccncc1. The number of amides is 1. The minimum atomic E-state index is -1.53. The lowest BCUT2D eigenvalue weighted by Crippen LogP contribution is -2.50. The Labute approximate surface area is 85.6 Å². The molecule has 0 fully saturated rings. The number of hydrogen-bond donors (Lipinski definition) is 2. The molecule has 0 aliphatic heterocycles. The van der Waals surface area contributed by atoms with Crippen molar-refractivity contribution in [3.05, 3.63) is 30.1 Å². The van der Waals surface area contributed by atoms with Gasteiger partial charge in [-0.2, -0.15) is 0 Å². The maximum atomic E-state index is 11.4. The van der Waals surface area contributed by atoms with Gasteiger partial charge < -0.3 is 20.3 Å². The Hall–Kier alpha value is -1.95. The van der Waals surface area contributed by atoms with Gasteiger partial charge in [-0.1, -0.05) is 0 Å². The summed E-state index contributed by atoms with van der Waals surface area (Å²) < 4.78 is 0. The van der Waals surface area contributed by atoms with E-state index < -0.39 is 24.5 Å². The number of aliphatic hydroxyl groups is 1. The van der Waals surface area contributed by atoms with Crippen LogP contribution in [-0.2, 0) is 4.79 Å². The fraction of sp³-hybridized carbons (Fsp3) is 0.222. The number of pyridine rings is 1. The summed E-state index contributed by atoms with van der Waals surface area (Å²) >= 11 is 0. The lowest BCUT2D eigenvalue weighted by atomic mass is 10.2. The smallest absolute Gasteiger partial charge is 0.251 e. The van der Waals surface area contributed by atoms with Crippen LogP contribution in [0.4, 0.5) is 0 Å². The largest absolute Gasteiger partial charge is 0.548 e. The maximum Gasteiger partial charge on any atom is 0.251 e. The van der Waals surface area contributed by atoms with Gasteiger partial charge in [0.2, 0.25) is 0 Å². The van der Waals surface area contributed by atoms with Crippen LogP contribution in [0.1, 0.15) is 10.4 Å². The Morgan fingerprint density at radius 3 is 2.53 bits per heavy atom. The number of hydrogen-bond acceptors (Lipinski definition) is 5. The molecule has 1 aromatic heterocycles. The van der Waals surface area contributed by atoms with Gasteiger partial charge in [0.25, 0.3) is 5.91 Å². The Kier molecular flexibility index (Phi) is 3.75. The summed E-state index contributed by atoms with van der Waals surface area (Å²) in [5.41, 5.74) is 0.268. The highest BCUT2D eigenvalue weighted by molar-refractivity contribution is 5.96. The van der Waals surface area contributed by atoms with Gasteiger partial charge in [0.15, 0.2) is 0 Å². The number of carboxylic acid groups (broad SMARTS) is 1. The van der Waals surface area contributed by atoms with Crippen molar-refractivity contribution in [2.45, 2.75) is 6.04 Å². The van der Waals surface area contributed by atoms with E-state index in [2.05, 4.69) is 10.3 Å². The highest BCUT2D eigenvalue weighted by Gasteiger charge is 2.13. The number of aliphatic carboxylic acids is 1. The summed E-state index contributed by atoms with van der Waals surface area (Å²) in [6, 6.07) is 1.46. The number of carbonyl (C=O) groups excluding carboxylic acids is 2. The Morgan fingerprint density at radius 2 is 2.07 bits per heavy atom. The predicted molar refractivity (Wildman–Crippen MR) is 47.6 cm³/mol. The van der Waals surface area contributed by atoms with E-state index in [4.69, 9.17) is 5.11 Å². The first-order chi connectivity index (χ1) is 7.15. The molecule has 0 aliphatic rings. The molecule has 0 aliphatic carbocycles. The lowest BCUT2D eigenvalue weighted by molar-refractivity contribution is -0.308. The summed E-state index contributed by atoms with van der Waals surface area (Å²) in [6.45, 7) is -0.709.